The Balaban J connectivity index is 1.43. The number of hydrazine groups is 1. The topological polar surface area (TPSA) is 108 Å². The minimum atomic E-state index is -3.68. The van der Waals surface area contributed by atoms with Crippen molar-refractivity contribution >= 4 is 33.4 Å². The van der Waals surface area contributed by atoms with Crippen LogP contribution >= 0.6 is 11.6 Å². The van der Waals surface area contributed by atoms with Crippen molar-refractivity contribution in [2.24, 2.45) is 18.9 Å². The number of benzene rings is 1. The SMILES string of the molecule is C[n+]1ccc(C(=O)NNC(=O)C2CCC(CNS(=O)(=O)c3ccccc3Cl)CC2)cc1. The van der Waals surface area contributed by atoms with E-state index in [0.717, 1.165) is 0 Å². The van der Waals surface area contributed by atoms with Crippen LogP contribution < -0.4 is 20.1 Å². The van der Waals surface area contributed by atoms with Gasteiger partial charge in [-0.15, -0.1) is 0 Å². The van der Waals surface area contributed by atoms with Gasteiger partial charge in [-0.25, -0.2) is 17.7 Å². The lowest BCUT2D eigenvalue weighted by Crippen LogP contribution is -2.45. The molecule has 2 aromatic rings. The molecular formula is C21H26ClN4O4S+. The van der Waals surface area contributed by atoms with Crippen molar-refractivity contribution in [3.05, 3.63) is 59.4 Å². The number of aryl methyl sites for hydroxylation is 1. The number of carbonyl (C=O) groups excluding carboxylic acids is 2. The first-order chi connectivity index (χ1) is 14.8. The smallest absolute Gasteiger partial charge is 0.270 e. The summed E-state index contributed by atoms with van der Waals surface area (Å²) in [7, 11) is -1.83. The van der Waals surface area contributed by atoms with Crippen LogP contribution in [-0.4, -0.2) is 26.8 Å². The quantitative estimate of drug-likeness (QED) is 0.445. The second-order valence-electron chi connectivity index (χ2n) is 7.70. The van der Waals surface area contributed by atoms with Gasteiger partial charge < -0.3 is 0 Å². The van der Waals surface area contributed by atoms with E-state index in [0.29, 0.717) is 37.8 Å². The van der Waals surface area contributed by atoms with Gasteiger partial charge in [-0.1, -0.05) is 23.7 Å². The second-order valence-corrected chi connectivity index (χ2v) is 9.84. The highest BCUT2D eigenvalue weighted by Crippen LogP contribution is 2.29. The number of nitrogens with zero attached hydrogens (tertiary/aromatic N) is 1. The van der Waals surface area contributed by atoms with Gasteiger partial charge in [-0.2, -0.15) is 0 Å². The summed E-state index contributed by atoms with van der Waals surface area (Å²) in [6, 6.07) is 9.63. The average molecular weight is 466 g/mol. The number of hydrogen-bond donors (Lipinski definition) is 3. The van der Waals surface area contributed by atoms with Crippen molar-refractivity contribution in [1.82, 2.24) is 15.6 Å². The first-order valence-corrected chi connectivity index (χ1v) is 11.9. The summed E-state index contributed by atoms with van der Waals surface area (Å²) >= 11 is 5.99. The van der Waals surface area contributed by atoms with Gasteiger partial charge in [-0.05, 0) is 43.7 Å². The van der Waals surface area contributed by atoms with Crippen LogP contribution in [0.2, 0.25) is 5.02 Å². The molecule has 2 amide bonds. The fourth-order valence-electron chi connectivity index (χ4n) is 3.54. The zero-order chi connectivity index (χ0) is 22.4. The van der Waals surface area contributed by atoms with Gasteiger partial charge in [-0.3, -0.25) is 20.4 Å². The Bertz CT molecular complexity index is 1040. The van der Waals surface area contributed by atoms with Crippen LogP contribution in [0.5, 0.6) is 0 Å². The van der Waals surface area contributed by atoms with E-state index in [1.165, 1.54) is 12.1 Å². The molecule has 1 aromatic carbocycles. The number of nitrogens with one attached hydrogen (secondary N) is 3. The third-order valence-electron chi connectivity index (χ3n) is 5.45. The van der Waals surface area contributed by atoms with E-state index in [2.05, 4.69) is 15.6 Å². The van der Waals surface area contributed by atoms with Gasteiger partial charge >= 0.3 is 0 Å². The van der Waals surface area contributed by atoms with E-state index in [4.69, 9.17) is 11.6 Å². The fraction of sp³-hybridized carbons (Fsp3) is 0.381. The molecule has 3 N–H and O–H groups in total. The standard InChI is InChI=1S/C21H25ClN4O4S/c1-26-12-10-17(11-13-26)21(28)25-24-20(27)16-8-6-15(7-9-16)14-23-31(29,30)19-5-3-2-4-18(19)22/h2-5,10-13,15-16,23,28H,6-9,14H2,1H3/p+1. The number of aromatic nitrogens is 1. The lowest BCUT2D eigenvalue weighted by Gasteiger charge is -2.27. The van der Waals surface area contributed by atoms with Gasteiger partial charge in [0.25, 0.3) is 5.91 Å². The highest BCUT2D eigenvalue weighted by Gasteiger charge is 2.28. The minimum absolute atomic E-state index is 0.0626. The van der Waals surface area contributed by atoms with Gasteiger partial charge in [0.05, 0.1) is 10.6 Å². The summed E-state index contributed by atoms with van der Waals surface area (Å²) in [5.74, 6) is -0.687. The molecule has 166 valence electrons. The number of sulfonamides is 1. The van der Waals surface area contributed by atoms with Gasteiger partial charge in [0.1, 0.15) is 11.9 Å². The monoisotopic (exact) mass is 465 g/mol. The largest absolute Gasteiger partial charge is 0.273 e. The maximum atomic E-state index is 12.5. The summed E-state index contributed by atoms with van der Waals surface area (Å²) in [5.41, 5.74) is 5.39. The normalized spacial score (nSPS) is 18.9. The molecule has 0 aliphatic heterocycles. The van der Waals surface area contributed by atoms with Crippen LogP contribution in [-0.2, 0) is 21.9 Å². The second kappa shape index (κ2) is 10.2. The molecule has 31 heavy (non-hydrogen) atoms. The van der Waals surface area contributed by atoms with Gasteiger partial charge in [0.2, 0.25) is 15.9 Å². The van der Waals surface area contributed by atoms with E-state index >= 15 is 0 Å². The molecule has 3 rings (SSSR count). The molecule has 8 nitrogen and oxygen atoms in total. The molecule has 1 fully saturated rings. The zero-order valence-corrected chi connectivity index (χ0v) is 18.7. The van der Waals surface area contributed by atoms with E-state index in [1.54, 1.807) is 36.7 Å². The van der Waals surface area contributed by atoms with E-state index in [-0.39, 0.29) is 33.6 Å². The fourth-order valence-corrected chi connectivity index (χ4v) is 5.18. The summed E-state index contributed by atoms with van der Waals surface area (Å²) in [5, 5.41) is 0.182. The molecular weight excluding hydrogens is 440 g/mol. The number of rotatable bonds is 6. The van der Waals surface area contributed by atoms with Crippen LogP contribution in [0.4, 0.5) is 0 Å². The summed E-state index contributed by atoms with van der Waals surface area (Å²) in [6.45, 7) is 0.296. The molecule has 1 aliphatic rings. The van der Waals surface area contributed by atoms with Gasteiger partial charge in [0, 0.05) is 24.6 Å². The highest BCUT2D eigenvalue weighted by atomic mass is 35.5. The Morgan fingerprint density at radius 1 is 1.03 bits per heavy atom. The maximum Gasteiger partial charge on any atom is 0.270 e. The molecule has 0 atom stereocenters. The van der Waals surface area contributed by atoms with Gasteiger partial charge in [0.15, 0.2) is 12.4 Å². The van der Waals surface area contributed by atoms with Crippen molar-refractivity contribution in [2.75, 3.05) is 6.54 Å². The van der Waals surface area contributed by atoms with Crippen molar-refractivity contribution in [1.29, 1.82) is 0 Å². The summed E-state index contributed by atoms with van der Waals surface area (Å²) < 4.78 is 29.3. The highest BCUT2D eigenvalue weighted by molar-refractivity contribution is 7.89. The van der Waals surface area contributed by atoms with E-state index < -0.39 is 10.0 Å². The number of amides is 2. The van der Waals surface area contributed by atoms with Crippen molar-refractivity contribution in [3.63, 3.8) is 0 Å². The Kier molecular flexibility index (Phi) is 7.64. The first kappa shape index (κ1) is 23.2. The third kappa shape index (κ3) is 6.25. The van der Waals surface area contributed by atoms with Crippen LogP contribution in [0.1, 0.15) is 36.0 Å². The first-order valence-electron chi connectivity index (χ1n) is 10.1. The van der Waals surface area contributed by atoms with Crippen LogP contribution in [0, 0.1) is 11.8 Å². The van der Waals surface area contributed by atoms with Crippen molar-refractivity contribution in [2.45, 2.75) is 30.6 Å². The number of halogens is 1. The molecule has 0 unspecified atom stereocenters. The molecule has 0 bridgehead atoms. The minimum Gasteiger partial charge on any atom is -0.273 e. The Morgan fingerprint density at radius 3 is 2.32 bits per heavy atom. The molecule has 1 saturated carbocycles. The van der Waals surface area contributed by atoms with Crippen molar-refractivity contribution in [3.8, 4) is 0 Å². The predicted molar refractivity (Wildman–Crippen MR) is 115 cm³/mol. The molecule has 10 heteroatoms. The average Bonchev–Trinajstić information content (AvgIpc) is 2.77. The molecule has 0 spiro atoms. The molecule has 0 radical (unpaired) electrons. The number of hydrogen-bond acceptors (Lipinski definition) is 4. The Labute approximate surface area is 187 Å². The van der Waals surface area contributed by atoms with E-state index in [9.17, 15) is 18.0 Å². The maximum absolute atomic E-state index is 12.5. The molecule has 0 saturated heterocycles. The van der Waals surface area contributed by atoms with Crippen LogP contribution in [0.25, 0.3) is 0 Å². The molecule has 1 heterocycles. The summed E-state index contributed by atoms with van der Waals surface area (Å²) in [4.78, 5) is 24.5. The predicted octanol–water partition coefficient (Wildman–Crippen LogP) is 1.71. The summed E-state index contributed by atoms with van der Waals surface area (Å²) in [6.07, 6.45) is 6.18. The lowest BCUT2D eigenvalue weighted by atomic mass is 9.82. The van der Waals surface area contributed by atoms with Crippen LogP contribution in [0.3, 0.4) is 0 Å². The van der Waals surface area contributed by atoms with E-state index in [1.807, 2.05) is 11.6 Å². The third-order valence-corrected chi connectivity index (χ3v) is 7.37. The number of pyridine rings is 1. The Morgan fingerprint density at radius 2 is 1.68 bits per heavy atom. The Hall–Kier alpha value is -2.49. The van der Waals surface area contributed by atoms with Crippen molar-refractivity contribution < 1.29 is 22.6 Å². The number of carbonyl (C=O) groups is 2. The molecule has 1 aromatic heterocycles. The lowest BCUT2D eigenvalue weighted by molar-refractivity contribution is -0.671. The zero-order valence-electron chi connectivity index (χ0n) is 17.2. The van der Waals surface area contributed by atoms with Crippen LogP contribution in [0.15, 0.2) is 53.7 Å². The molecule has 1 aliphatic carbocycles.